The monoisotopic (exact) mass is 470 g/mol. The fourth-order valence-electron chi connectivity index (χ4n) is 4.26. The second-order valence-electron chi connectivity index (χ2n) is 8.48. The number of rotatable bonds is 9. The first-order valence-electron chi connectivity index (χ1n) is 11.4. The summed E-state index contributed by atoms with van der Waals surface area (Å²) < 4.78 is 30.2. The first-order valence-corrected chi connectivity index (χ1v) is 11.4. The summed E-state index contributed by atoms with van der Waals surface area (Å²) in [4.78, 5) is 26.9. The number of hydrogen-bond acceptors (Lipinski definition) is 7. The molecule has 0 atom stereocenters. The fourth-order valence-corrected chi connectivity index (χ4v) is 4.26. The first kappa shape index (κ1) is 24.2. The first-order chi connectivity index (χ1) is 16.4. The van der Waals surface area contributed by atoms with Gasteiger partial charge in [-0.1, -0.05) is 12.1 Å². The highest BCUT2D eigenvalue weighted by Crippen LogP contribution is 2.19. The molecule has 0 aromatic heterocycles. The lowest BCUT2D eigenvalue weighted by Crippen LogP contribution is -2.35. The van der Waals surface area contributed by atoms with Crippen LogP contribution in [0, 0.1) is 12.7 Å². The SMILES string of the molecule is Cc1c(C(=O)NCC(=O)OCc2ccc(OCCN3CCCC3)c(F)c2)ccc2c1B(O)OC2. The number of likely N-dealkylation sites (tertiary alicyclic amines) is 1. The van der Waals surface area contributed by atoms with Gasteiger partial charge in [0.15, 0.2) is 11.6 Å². The Morgan fingerprint density at radius 1 is 1.24 bits per heavy atom. The van der Waals surface area contributed by atoms with Gasteiger partial charge in [-0.25, -0.2) is 4.39 Å². The standard InChI is InChI=1S/C24H28BFN2O6/c1-16-19(6-5-18-15-34-25(31)23(16)18)24(30)27-13-22(29)33-14-17-4-7-21(20(26)12-17)32-11-10-28-8-2-3-9-28/h4-7,12,31H,2-3,8-11,13-15H2,1H3,(H,27,30). The predicted octanol–water partition coefficient (Wildman–Crippen LogP) is 1.30. The van der Waals surface area contributed by atoms with Crippen LogP contribution in [0.15, 0.2) is 30.3 Å². The van der Waals surface area contributed by atoms with Crippen LogP contribution in [0.25, 0.3) is 0 Å². The number of carbonyl (C=O) groups is 2. The van der Waals surface area contributed by atoms with Crippen LogP contribution in [0.1, 0.15) is 39.9 Å². The van der Waals surface area contributed by atoms with Crippen molar-refractivity contribution in [3.63, 3.8) is 0 Å². The number of ether oxygens (including phenoxy) is 2. The zero-order valence-electron chi connectivity index (χ0n) is 19.1. The highest BCUT2D eigenvalue weighted by atomic mass is 19.1. The van der Waals surface area contributed by atoms with Crippen molar-refractivity contribution in [2.75, 3.05) is 32.8 Å². The number of hydrogen-bond donors (Lipinski definition) is 2. The van der Waals surface area contributed by atoms with Gasteiger partial charge in [-0.3, -0.25) is 14.5 Å². The zero-order valence-corrected chi connectivity index (χ0v) is 19.1. The van der Waals surface area contributed by atoms with Crippen molar-refractivity contribution < 1.29 is 33.1 Å². The highest BCUT2D eigenvalue weighted by molar-refractivity contribution is 6.62. The Bertz CT molecular complexity index is 1060. The predicted molar refractivity (Wildman–Crippen MR) is 123 cm³/mol. The van der Waals surface area contributed by atoms with Gasteiger partial charge in [0.05, 0.1) is 6.61 Å². The largest absolute Gasteiger partial charge is 0.492 e. The van der Waals surface area contributed by atoms with Gasteiger partial charge in [0.2, 0.25) is 0 Å². The molecular weight excluding hydrogens is 442 g/mol. The molecule has 0 spiro atoms. The second kappa shape index (κ2) is 11.0. The van der Waals surface area contributed by atoms with Gasteiger partial charge in [0, 0.05) is 12.1 Å². The Morgan fingerprint density at radius 2 is 2.03 bits per heavy atom. The van der Waals surface area contributed by atoms with Crippen molar-refractivity contribution in [3.05, 3.63) is 58.4 Å². The maximum Gasteiger partial charge on any atom is 0.492 e. The Kier molecular flexibility index (Phi) is 7.82. The third kappa shape index (κ3) is 5.75. The lowest BCUT2D eigenvalue weighted by molar-refractivity contribution is -0.143. The molecule has 2 aromatic rings. The number of halogens is 1. The Hall–Kier alpha value is -2.95. The van der Waals surface area contributed by atoms with Gasteiger partial charge in [-0.05, 0) is 73.2 Å². The third-order valence-corrected chi connectivity index (χ3v) is 6.15. The summed E-state index contributed by atoms with van der Waals surface area (Å²) in [6.45, 7) is 4.85. The molecule has 2 N–H and O–H groups in total. The molecule has 2 aromatic carbocycles. The molecule has 10 heteroatoms. The number of amides is 1. The van der Waals surface area contributed by atoms with Crippen LogP contribution in [0.3, 0.4) is 0 Å². The van der Waals surface area contributed by atoms with E-state index in [0.717, 1.165) is 25.2 Å². The van der Waals surface area contributed by atoms with Gasteiger partial charge >= 0.3 is 13.1 Å². The van der Waals surface area contributed by atoms with Crippen molar-refractivity contribution in [1.82, 2.24) is 10.2 Å². The van der Waals surface area contributed by atoms with E-state index in [1.807, 2.05) is 0 Å². The molecule has 0 bridgehead atoms. The lowest BCUT2D eigenvalue weighted by atomic mass is 9.75. The molecule has 1 saturated heterocycles. The van der Waals surface area contributed by atoms with Crippen molar-refractivity contribution in [2.24, 2.45) is 0 Å². The summed E-state index contributed by atoms with van der Waals surface area (Å²) >= 11 is 0. The van der Waals surface area contributed by atoms with E-state index in [4.69, 9.17) is 14.1 Å². The molecule has 2 aliphatic rings. The minimum atomic E-state index is -1.06. The molecule has 34 heavy (non-hydrogen) atoms. The molecule has 180 valence electrons. The van der Waals surface area contributed by atoms with Crippen LogP contribution in [0.5, 0.6) is 5.75 Å². The van der Waals surface area contributed by atoms with Gasteiger partial charge in [-0.2, -0.15) is 0 Å². The van der Waals surface area contributed by atoms with Gasteiger partial charge < -0.3 is 24.5 Å². The van der Waals surface area contributed by atoms with Crippen molar-refractivity contribution in [3.8, 4) is 5.75 Å². The van der Waals surface area contributed by atoms with Crippen LogP contribution >= 0.6 is 0 Å². The average Bonchev–Trinajstić information content (AvgIpc) is 3.48. The number of fused-ring (bicyclic) bond motifs is 1. The molecule has 8 nitrogen and oxygen atoms in total. The molecule has 2 heterocycles. The summed E-state index contributed by atoms with van der Waals surface area (Å²) in [5.41, 5.74) is 2.84. The van der Waals surface area contributed by atoms with E-state index in [9.17, 15) is 19.0 Å². The van der Waals surface area contributed by atoms with Gasteiger partial charge in [-0.15, -0.1) is 0 Å². The van der Waals surface area contributed by atoms with Crippen LogP contribution in [-0.4, -0.2) is 61.7 Å². The number of nitrogens with zero attached hydrogens (tertiary/aromatic N) is 1. The maximum absolute atomic E-state index is 14.3. The number of benzene rings is 2. The molecule has 0 aliphatic carbocycles. The topological polar surface area (TPSA) is 97.3 Å². The summed E-state index contributed by atoms with van der Waals surface area (Å²) in [5, 5.41) is 12.4. The third-order valence-electron chi connectivity index (χ3n) is 6.15. The van der Waals surface area contributed by atoms with Crippen LogP contribution < -0.4 is 15.5 Å². The molecule has 0 unspecified atom stereocenters. The Morgan fingerprint density at radius 3 is 2.79 bits per heavy atom. The minimum absolute atomic E-state index is 0.124. The van der Waals surface area contributed by atoms with Crippen molar-refractivity contribution >= 4 is 24.5 Å². The van der Waals surface area contributed by atoms with E-state index >= 15 is 0 Å². The molecule has 0 radical (unpaired) electrons. The smallest absolute Gasteiger partial charge is 0.489 e. The van der Waals surface area contributed by atoms with E-state index in [0.29, 0.717) is 28.8 Å². The minimum Gasteiger partial charge on any atom is -0.489 e. The summed E-state index contributed by atoms with van der Waals surface area (Å²) in [7, 11) is -1.06. The second-order valence-corrected chi connectivity index (χ2v) is 8.48. The normalized spacial score (nSPS) is 15.3. The lowest BCUT2D eigenvalue weighted by Gasteiger charge is -2.15. The van der Waals surface area contributed by atoms with Crippen LogP contribution in [-0.2, 0) is 27.4 Å². The van der Waals surface area contributed by atoms with E-state index in [2.05, 4.69) is 10.2 Å². The molecule has 1 fully saturated rings. The quantitative estimate of drug-likeness (QED) is 0.421. The van der Waals surface area contributed by atoms with E-state index in [1.165, 1.54) is 25.0 Å². The Balaban J connectivity index is 1.22. The molecular formula is C24H28BFN2O6. The molecule has 4 rings (SSSR count). The highest BCUT2D eigenvalue weighted by Gasteiger charge is 2.31. The zero-order chi connectivity index (χ0) is 24.1. The van der Waals surface area contributed by atoms with Gasteiger partial charge in [0.1, 0.15) is 19.8 Å². The van der Waals surface area contributed by atoms with E-state index < -0.39 is 24.8 Å². The summed E-state index contributed by atoms with van der Waals surface area (Å²) in [6.07, 6.45) is 2.39. The van der Waals surface area contributed by atoms with Crippen LogP contribution in [0.2, 0.25) is 0 Å². The number of carbonyl (C=O) groups excluding carboxylic acids is 2. The number of esters is 1. The molecule has 2 aliphatic heterocycles. The van der Waals surface area contributed by atoms with Crippen molar-refractivity contribution in [1.29, 1.82) is 0 Å². The summed E-state index contributed by atoms with van der Waals surface area (Å²) in [5.74, 6) is -1.46. The van der Waals surface area contributed by atoms with E-state index in [1.54, 1.807) is 25.1 Å². The molecule has 0 saturated carbocycles. The maximum atomic E-state index is 14.3. The van der Waals surface area contributed by atoms with Crippen molar-refractivity contribution in [2.45, 2.75) is 33.0 Å². The number of nitrogens with one attached hydrogen (secondary N) is 1. The average molecular weight is 470 g/mol. The summed E-state index contributed by atoms with van der Waals surface area (Å²) in [6, 6.07) is 7.80. The van der Waals surface area contributed by atoms with E-state index in [-0.39, 0.29) is 25.5 Å². The molecule has 1 amide bonds. The van der Waals surface area contributed by atoms with Crippen LogP contribution in [0.4, 0.5) is 4.39 Å². The Labute approximate surface area is 198 Å². The fraction of sp³-hybridized carbons (Fsp3) is 0.417. The van der Waals surface area contributed by atoms with Gasteiger partial charge in [0.25, 0.3) is 5.91 Å².